The number of carbonyl (C=O) groups is 2. The third kappa shape index (κ3) is 8.15. The first-order chi connectivity index (χ1) is 15.3. The van der Waals surface area contributed by atoms with Crippen LogP contribution in [0.3, 0.4) is 0 Å². The maximum absolute atomic E-state index is 12.6. The highest BCUT2D eigenvalue weighted by Crippen LogP contribution is 2.10. The van der Waals surface area contributed by atoms with Gasteiger partial charge in [-0.25, -0.2) is 4.99 Å². The number of rotatable bonds is 10. The third-order valence-electron chi connectivity index (χ3n) is 5.50. The van der Waals surface area contributed by atoms with E-state index in [0.717, 1.165) is 37.6 Å². The predicted molar refractivity (Wildman–Crippen MR) is 130 cm³/mol. The zero-order valence-corrected chi connectivity index (χ0v) is 20.3. The van der Waals surface area contributed by atoms with Crippen molar-refractivity contribution in [1.82, 2.24) is 25.8 Å². The van der Waals surface area contributed by atoms with Crippen molar-refractivity contribution in [1.29, 1.82) is 0 Å². The Morgan fingerprint density at radius 3 is 2.44 bits per heavy atom. The van der Waals surface area contributed by atoms with Gasteiger partial charge in [-0.2, -0.15) is 0 Å². The molecule has 0 unspecified atom stereocenters. The van der Waals surface area contributed by atoms with E-state index in [1.807, 2.05) is 24.3 Å². The SMILES string of the molecule is CCNC(=NCc1ccc(C(=O)N2CCNC(=O)C2)cc1)NCCCN(C(C)C)C(C)C. The van der Waals surface area contributed by atoms with Crippen molar-refractivity contribution in [3.63, 3.8) is 0 Å². The molecule has 1 saturated heterocycles. The highest BCUT2D eigenvalue weighted by atomic mass is 16.2. The summed E-state index contributed by atoms with van der Waals surface area (Å²) in [7, 11) is 0. The lowest BCUT2D eigenvalue weighted by Crippen LogP contribution is -2.49. The third-order valence-corrected chi connectivity index (χ3v) is 5.50. The van der Waals surface area contributed by atoms with E-state index in [1.165, 1.54) is 0 Å². The molecule has 2 rings (SSSR count). The molecule has 0 saturated carbocycles. The molecule has 0 aromatic heterocycles. The number of piperazine rings is 1. The molecule has 8 nitrogen and oxygen atoms in total. The van der Waals surface area contributed by atoms with Gasteiger partial charge in [-0.3, -0.25) is 14.5 Å². The van der Waals surface area contributed by atoms with Crippen molar-refractivity contribution >= 4 is 17.8 Å². The summed E-state index contributed by atoms with van der Waals surface area (Å²) in [5, 5.41) is 9.44. The molecular weight excluding hydrogens is 404 g/mol. The van der Waals surface area contributed by atoms with Gasteiger partial charge in [0.15, 0.2) is 5.96 Å². The van der Waals surface area contributed by atoms with E-state index in [4.69, 9.17) is 0 Å². The van der Waals surface area contributed by atoms with Crippen LogP contribution >= 0.6 is 0 Å². The second kappa shape index (κ2) is 13.1. The lowest BCUT2D eigenvalue weighted by atomic mass is 10.1. The second-order valence-corrected chi connectivity index (χ2v) is 8.67. The molecule has 1 aliphatic heterocycles. The van der Waals surface area contributed by atoms with E-state index in [9.17, 15) is 9.59 Å². The van der Waals surface area contributed by atoms with Gasteiger partial charge < -0.3 is 20.9 Å². The van der Waals surface area contributed by atoms with Crippen LogP contribution in [-0.4, -0.2) is 78.9 Å². The molecule has 0 radical (unpaired) electrons. The topological polar surface area (TPSA) is 89.1 Å². The highest BCUT2D eigenvalue weighted by molar-refractivity contribution is 5.97. The smallest absolute Gasteiger partial charge is 0.254 e. The molecule has 0 bridgehead atoms. The minimum atomic E-state index is -0.111. The number of aliphatic imine (C=N–C) groups is 1. The second-order valence-electron chi connectivity index (χ2n) is 8.67. The molecule has 0 atom stereocenters. The van der Waals surface area contributed by atoms with E-state index < -0.39 is 0 Å². The Morgan fingerprint density at radius 2 is 1.84 bits per heavy atom. The summed E-state index contributed by atoms with van der Waals surface area (Å²) in [4.78, 5) is 32.9. The Hall–Kier alpha value is -2.61. The molecule has 32 heavy (non-hydrogen) atoms. The molecule has 1 aromatic rings. The molecule has 1 fully saturated rings. The summed E-state index contributed by atoms with van der Waals surface area (Å²) in [6.07, 6.45) is 1.05. The number of amides is 2. The number of benzene rings is 1. The van der Waals surface area contributed by atoms with Crippen LogP contribution in [0, 0.1) is 0 Å². The first-order valence-corrected chi connectivity index (χ1v) is 11.7. The zero-order valence-electron chi connectivity index (χ0n) is 20.3. The van der Waals surface area contributed by atoms with Crippen LogP contribution in [0.1, 0.15) is 57.0 Å². The summed E-state index contributed by atoms with van der Waals surface area (Å²) in [6, 6.07) is 8.55. The van der Waals surface area contributed by atoms with Crippen LogP contribution in [0.5, 0.6) is 0 Å². The van der Waals surface area contributed by atoms with Crippen LogP contribution in [0.4, 0.5) is 0 Å². The highest BCUT2D eigenvalue weighted by Gasteiger charge is 2.22. The van der Waals surface area contributed by atoms with Crippen molar-refractivity contribution < 1.29 is 9.59 Å². The van der Waals surface area contributed by atoms with Crippen LogP contribution < -0.4 is 16.0 Å². The average molecular weight is 445 g/mol. The number of guanidine groups is 1. The quantitative estimate of drug-likeness (QED) is 0.291. The Kier molecular flexibility index (Phi) is 10.5. The fraction of sp³-hybridized carbons (Fsp3) is 0.625. The van der Waals surface area contributed by atoms with E-state index in [2.05, 4.69) is 60.5 Å². The Morgan fingerprint density at radius 1 is 1.16 bits per heavy atom. The van der Waals surface area contributed by atoms with Gasteiger partial charge in [-0.15, -0.1) is 0 Å². The summed E-state index contributed by atoms with van der Waals surface area (Å²) in [6.45, 7) is 15.4. The molecule has 0 spiro atoms. The lowest BCUT2D eigenvalue weighted by Gasteiger charge is -2.30. The Bertz CT molecular complexity index is 752. The molecular formula is C24H40N6O2. The van der Waals surface area contributed by atoms with Crippen LogP contribution in [0.15, 0.2) is 29.3 Å². The van der Waals surface area contributed by atoms with Gasteiger partial charge in [0.1, 0.15) is 0 Å². The van der Waals surface area contributed by atoms with Crippen LogP contribution in [-0.2, 0) is 11.3 Å². The van der Waals surface area contributed by atoms with Gasteiger partial charge in [-0.1, -0.05) is 12.1 Å². The minimum absolute atomic E-state index is 0.109. The number of hydrogen-bond acceptors (Lipinski definition) is 4. The van der Waals surface area contributed by atoms with Crippen LogP contribution in [0.25, 0.3) is 0 Å². The Balaban J connectivity index is 1.86. The molecule has 1 aliphatic rings. The summed E-state index contributed by atoms with van der Waals surface area (Å²) >= 11 is 0. The zero-order chi connectivity index (χ0) is 23.5. The van der Waals surface area contributed by atoms with Crippen molar-refractivity contribution in [2.24, 2.45) is 4.99 Å². The lowest BCUT2D eigenvalue weighted by molar-refractivity contribution is -0.123. The number of nitrogens with one attached hydrogen (secondary N) is 3. The standard InChI is InChI=1S/C24H40N6O2/c1-6-25-24(27-12-7-14-30(18(2)3)19(4)5)28-16-20-8-10-21(11-9-20)23(32)29-15-13-26-22(31)17-29/h8-11,18-19H,6-7,12-17H2,1-5H3,(H,26,31)(H2,25,27,28). The average Bonchev–Trinajstić information content (AvgIpc) is 2.76. The van der Waals surface area contributed by atoms with E-state index >= 15 is 0 Å². The summed E-state index contributed by atoms with van der Waals surface area (Å²) < 4.78 is 0. The predicted octanol–water partition coefficient (Wildman–Crippen LogP) is 1.82. The minimum Gasteiger partial charge on any atom is -0.357 e. The molecule has 1 heterocycles. The van der Waals surface area contributed by atoms with Crippen LogP contribution in [0.2, 0.25) is 0 Å². The number of nitrogens with zero attached hydrogens (tertiary/aromatic N) is 3. The van der Waals surface area contributed by atoms with Crippen molar-refractivity contribution in [2.45, 2.75) is 59.7 Å². The molecule has 0 aliphatic carbocycles. The molecule has 2 amide bonds. The maximum atomic E-state index is 12.6. The largest absolute Gasteiger partial charge is 0.357 e. The van der Waals surface area contributed by atoms with Gasteiger partial charge in [0, 0.05) is 50.4 Å². The number of carbonyl (C=O) groups excluding carboxylic acids is 2. The maximum Gasteiger partial charge on any atom is 0.254 e. The van der Waals surface area contributed by atoms with Crippen molar-refractivity contribution in [3.05, 3.63) is 35.4 Å². The van der Waals surface area contributed by atoms with Gasteiger partial charge in [0.25, 0.3) is 5.91 Å². The first-order valence-electron chi connectivity index (χ1n) is 11.7. The number of hydrogen-bond donors (Lipinski definition) is 3. The van der Waals surface area contributed by atoms with E-state index in [-0.39, 0.29) is 18.4 Å². The molecule has 3 N–H and O–H groups in total. The van der Waals surface area contributed by atoms with Gasteiger partial charge in [0.05, 0.1) is 13.1 Å². The van der Waals surface area contributed by atoms with Gasteiger partial charge >= 0.3 is 0 Å². The normalized spacial score (nSPS) is 14.8. The van der Waals surface area contributed by atoms with E-state index in [1.54, 1.807) is 4.90 Å². The van der Waals surface area contributed by atoms with Crippen molar-refractivity contribution in [2.75, 3.05) is 39.3 Å². The fourth-order valence-electron chi connectivity index (χ4n) is 3.84. The first kappa shape index (κ1) is 25.6. The molecule has 8 heteroatoms. The fourth-order valence-corrected chi connectivity index (χ4v) is 3.84. The van der Waals surface area contributed by atoms with E-state index in [0.29, 0.717) is 37.3 Å². The van der Waals surface area contributed by atoms with Crippen molar-refractivity contribution in [3.8, 4) is 0 Å². The monoisotopic (exact) mass is 444 g/mol. The van der Waals surface area contributed by atoms with Gasteiger partial charge in [-0.05, 0) is 58.7 Å². The summed E-state index contributed by atoms with van der Waals surface area (Å²) in [5.41, 5.74) is 1.62. The summed E-state index contributed by atoms with van der Waals surface area (Å²) in [5.74, 6) is 0.578. The Labute approximate surface area is 192 Å². The molecule has 178 valence electrons. The van der Waals surface area contributed by atoms with Gasteiger partial charge in [0.2, 0.25) is 5.91 Å². The molecule has 1 aromatic carbocycles.